The fraction of sp³-hybridized carbons (Fsp3) is 0.400. The van der Waals surface area contributed by atoms with Crippen molar-refractivity contribution in [3.8, 4) is 0 Å². The van der Waals surface area contributed by atoms with Crippen LogP contribution in [0.4, 0.5) is 0 Å². The molecule has 0 aliphatic carbocycles. The van der Waals surface area contributed by atoms with Crippen LogP contribution in [0.1, 0.15) is 26.7 Å². The van der Waals surface area contributed by atoms with E-state index in [1.165, 1.54) is 6.92 Å². The second-order valence-corrected chi connectivity index (χ2v) is 2.72. The maximum atomic E-state index is 11.0. The molecule has 1 N–H and O–H groups in total. The Morgan fingerprint density at radius 3 is 2.43 bits per heavy atom. The van der Waals surface area contributed by atoms with Crippen molar-refractivity contribution in [2.75, 3.05) is 0 Å². The molecule has 4 heteroatoms. The van der Waals surface area contributed by atoms with Crippen LogP contribution >= 0.6 is 0 Å². The van der Waals surface area contributed by atoms with E-state index < -0.39 is 11.9 Å². The first kappa shape index (κ1) is 12.4. The van der Waals surface area contributed by atoms with Crippen molar-refractivity contribution in [3.63, 3.8) is 0 Å². The summed E-state index contributed by atoms with van der Waals surface area (Å²) in [5.41, 5.74) is 0.776. The molecule has 0 heterocycles. The normalized spacial score (nSPS) is 11.6. The molecule has 0 fully saturated rings. The summed E-state index contributed by atoms with van der Waals surface area (Å²) >= 11 is 0. The lowest BCUT2D eigenvalue weighted by Gasteiger charge is -2.05. The van der Waals surface area contributed by atoms with Gasteiger partial charge < -0.3 is 9.84 Å². The number of carbonyl (C=O) groups excluding carboxylic acids is 1. The largest absolute Gasteiger partial charge is 0.478 e. The molecule has 0 aromatic heterocycles. The molecule has 78 valence electrons. The summed E-state index contributed by atoms with van der Waals surface area (Å²) in [5.74, 6) is -1.49. The van der Waals surface area contributed by atoms with Gasteiger partial charge in [-0.2, -0.15) is 0 Å². The maximum absolute atomic E-state index is 11.0. The van der Waals surface area contributed by atoms with Crippen LogP contribution < -0.4 is 0 Å². The smallest absolute Gasteiger partial charge is 0.331 e. The van der Waals surface area contributed by atoms with Gasteiger partial charge in [-0.3, -0.25) is 4.79 Å². The van der Waals surface area contributed by atoms with Crippen molar-refractivity contribution < 1.29 is 19.4 Å². The summed E-state index contributed by atoms with van der Waals surface area (Å²) in [6, 6.07) is 0. The summed E-state index contributed by atoms with van der Waals surface area (Å²) in [6.45, 7) is 6.51. The Kier molecular flexibility index (Phi) is 5.29. The van der Waals surface area contributed by atoms with E-state index in [2.05, 4.69) is 11.3 Å². The number of esters is 1. The quantitative estimate of drug-likeness (QED) is 0.416. The Hall–Kier alpha value is -1.58. The van der Waals surface area contributed by atoms with Gasteiger partial charge in [-0.1, -0.05) is 13.5 Å². The number of hydrogen-bond acceptors (Lipinski definition) is 3. The van der Waals surface area contributed by atoms with Crippen LogP contribution in [0.3, 0.4) is 0 Å². The molecule has 0 unspecified atom stereocenters. The fourth-order valence-electron chi connectivity index (χ4n) is 0.983. The molecule has 0 amide bonds. The van der Waals surface area contributed by atoms with Crippen LogP contribution in [-0.2, 0) is 14.3 Å². The van der Waals surface area contributed by atoms with Gasteiger partial charge in [0.25, 0.3) is 0 Å². The van der Waals surface area contributed by atoms with Crippen LogP contribution in [0.15, 0.2) is 24.0 Å². The highest BCUT2D eigenvalue weighted by atomic mass is 16.5. The van der Waals surface area contributed by atoms with Crippen molar-refractivity contribution in [2.24, 2.45) is 0 Å². The lowest BCUT2D eigenvalue weighted by Crippen LogP contribution is -2.06. The lowest BCUT2D eigenvalue weighted by molar-refractivity contribution is -0.137. The van der Waals surface area contributed by atoms with E-state index >= 15 is 0 Å². The van der Waals surface area contributed by atoms with Gasteiger partial charge in [0.15, 0.2) is 0 Å². The Morgan fingerprint density at radius 2 is 2.07 bits per heavy atom. The third kappa shape index (κ3) is 3.89. The molecule has 0 bridgehead atoms. The Bertz CT molecular complexity index is 276. The van der Waals surface area contributed by atoms with Crippen molar-refractivity contribution >= 4 is 11.9 Å². The van der Waals surface area contributed by atoms with E-state index in [9.17, 15) is 9.59 Å². The second-order valence-electron chi connectivity index (χ2n) is 2.72. The van der Waals surface area contributed by atoms with E-state index in [4.69, 9.17) is 5.11 Å². The van der Waals surface area contributed by atoms with E-state index in [1.54, 1.807) is 6.92 Å². The standard InChI is InChI=1S/C10H14O4/c1-4-8(7(3)10(12)13)6-9(11)14-5-2/h5H,2,4,6H2,1,3H3,(H,12,13). The zero-order valence-corrected chi connectivity index (χ0v) is 8.37. The summed E-state index contributed by atoms with van der Waals surface area (Å²) in [4.78, 5) is 21.6. The van der Waals surface area contributed by atoms with Gasteiger partial charge in [0.2, 0.25) is 0 Å². The molecular weight excluding hydrogens is 184 g/mol. The van der Waals surface area contributed by atoms with Crippen molar-refractivity contribution in [2.45, 2.75) is 26.7 Å². The molecule has 0 aromatic rings. The number of aliphatic carboxylic acids is 1. The minimum Gasteiger partial charge on any atom is -0.478 e. The van der Waals surface area contributed by atoms with Crippen molar-refractivity contribution in [1.29, 1.82) is 0 Å². The van der Waals surface area contributed by atoms with Crippen LogP contribution in [0.5, 0.6) is 0 Å². The Balaban J connectivity index is 4.58. The maximum Gasteiger partial charge on any atom is 0.331 e. The number of ether oxygens (including phenoxy) is 1. The highest BCUT2D eigenvalue weighted by Gasteiger charge is 2.11. The first-order chi connectivity index (χ1) is 6.52. The first-order valence-electron chi connectivity index (χ1n) is 4.25. The molecule has 0 rings (SSSR count). The van der Waals surface area contributed by atoms with Gasteiger partial charge >= 0.3 is 11.9 Å². The van der Waals surface area contributed by atoms with Crippen LogP contribution in [0.2, 0.25) is 0 Å². The van der Waals surface area contributed by atoms with E-state index in [-0.39, 0.29) is 12.0 Å². The number of carbonyl (C=O) groups is 2. The second kappa shape index (κ2) is 5.96. The zero-order chi connectivity index (χ0) is 11.1. The predicted molar refractivity (Wildman–Crippen MR) is 51.5 cm³/mol. The summed E-state index contributed by atoms with van der Waals surface area (Å²) in [5, 5.41) is 8.70. The molecule has 0 aromatic carbocycles. The molecule has 0 aliphatic heterocycles. The van der Waals surface area contributed by atoms with Crippen LogP contribution in [0, 0.1) is 0 Å². The molecule has 0 saturated heterocycles. The number of carboxylic acids is 1. The van der Waals surface area contributed by atoms with Gasteiger partial charge in [-0.15, -0.1) is 0 Å². The highest BCUT2D eigenvalue weighted by Crippen LogP contribution is 2.13. The number of carboxylic acid groups (broad SMARTS) is 1. The summed E-state index contributed by atoms with van der Waals surface area (Å²) < 4.78 is 4.50. The van der Waals surface area contributed by atoms with Crippen LogP contribution in [0.25, 0.3) is 0 Å². The minimum absolute atomic E-state index is 0.000648. The Labute approximate surface area is 82.9 Å². The van der Waals surface area contributed by atoms with Crippen LogP contribution in [-0.4, -0.2) is 17.0 Å². The third-order valence-corrected chi connectivity index (χ3v) is 1.85. The molecule has 0 radical (unpaired) electrons. The number of rotatable bonds is 5. The molecule has 4 nitrogen and oxygen atoms in total. The molecule has 14 heavy (non-hydrogen) atoms. The molecule has 0 aliphatic rings. The molecular formula is C10H14O4. The van der Waals surface area contributed by atoms with Gasteiger partial charge in [-0.05, 0) is 18.9 Å². The average Bonchev–Trinajstić information content (AvgIpc) is 2.13. The van der Waals surface area contributed by atoms with E-state index in [0.717, 1.165) is 6.26 Å². The summed E-state index contributed by atoms with van der Waals surface area (Å²) in [7, 11) is 0. The molecule has 0 spiro atoms. The first-order valence-corrected chi connectivity index (χ1v) is 4.25. The highest BCUT2D eigenvalue weighted by molar-refractivity contribution is 5.88. The van der Waals surface area contributed by atoms with E-state index in [1.807, 2.05) is 0 Å². The zero-order valence-electron chi connectivity index (χ0n) is 8.37. The predicted octanol–water partition coefficient (Wildman–Crippen LogP) is 1.87. The minimum atomic E-state index is -1.01. The Morgan fingerprint density at radius 1 is 1.50 bits per heavy atom. The SMILES string of the molecule is C=COC(=O)CC(CC)=C(C)C(=O)O. The average molecular weight is 198 g/mol. The topological polar surface area (TPSA) is 63.6 Å². The van der Waals surface area contributed by atoms with E-state index in [0.29, 0.717) is 12.0 Å². The monoisotopic (exact) mass is 198 g/mol. The van der Waals surface area contributed by atoms with Gasteiger partial charge in [0.1, 0.15) is 0 Å². The van der Waals surface area contributed by atoms with Gasteiger partial charge in [0, 0.05) is 5.57 Å². The van der Waals surface area contributed by atoms with Crippen molar-refractivity contribution in [1.82, 2.24) is 0 Å². The molecule has 0 atom stereocenters. The van der Waals surface area contributed by atoms with Crippen molar-refractivity contribution in [3.05, 3.63) is 24.0 Å². The summed E-state index contributed by atoms with van der Waals surface area (Å²) in [6.07, 6.45) is 1.55. The third-order valence-electron chi connectivity index (χ3n) is 1.85. The lowest BCUT2D eigenvalue weighted by atomic mass is 10.0. The molecule has 0 saturated carbocycles. The fourth-order valence-corrected chi connectivity index (χ4v) is 0.983. The van der Waals surface area contributed by atoms with Gasteiger partial charge in [-0.25, -0.2) is 4.79 Å². The number of hydrogen-bond donors (Lipinski definition) is 1. The van der Waals surface area contributed by atoms with Gasteiger partial charge in [0.05, 0.1) is 12.7 Å².